The zero-order valence-corrected chi connectivity index (χ0v) is 26.5. The van der Waals surface area contributed by atoms with Gasteiger partial charge in [0, 0.05) is 49.0 Å². The highest BCUT2D eigenvalue weighted by molar-refractivity contribution is 5.92. The van der Waals surface area contributed by atoms with E-state index >= 15 is 8.78 Å². The largest absolute Gasteiger partial charge is 0.355 e. The average Bonchev–Trinajstić information content (AvgIpc) is 3.53. The summed E-state index contributed by atoms with van der Waals surface area (Å²) in [5.74, 6) is -1.56. The quantitative estimate of drug-likeness (QED) is 0.262. The minimum absolute atomic E-state index is 0.0930. The Labute approximate surface area is 269 Å². The van der Waals surface area contributed by atoms with Crippen molar-refractivity contribution in [2.75, 3.05) is 18.0 Å². The first-order valence-corrected chi connectivity index (χ1v) is 15.6. The number of anilines is 1. The number of carbonyl (C=O) groups excluding carboxylic acids is 1. The summed E-state index contributed by atoms with van der Waals surface area (Å²) in [5.41, 5.74) is 1.71. The van der Waals surface area contributed by atoms with Gasteiger partial charge < -0.3 is 9.80 Å². The van der Waals surface area contributed by atoms with Gasteiger partial charge in [0.1, 0.15) is 23.0 Å². The van der Waals surface area contributed by atoms with Crippen molar-refractivity contribution in [3.8, 4) is 28.2 Å². The van der Waals surface area contributed by atoms with Gasteiger partial charge in [-0.15, -0.1) is 5.10 Å². The molecule has 7 rings (SSSR count). The lowest BCUT2D eigenvalue weighted by Crippen LogP contribution is -2.58. The number of halogens is 2. The number of pyridine rings is 2. The lowest BCUT2D eigenvalue weighted by molar-refractivity contribution is -0.128. The van der Waals surface area contributed by atoms with Crippen LogP contribution < -0.4 is 10.6 Å². The maximum Gasteiger partial charge on any atom is 0.355 e. The Morgan fingerprint density at radius 2 is 1.89 bits per heavy atom. The van der Waals surface area contributed by atoms with Crippen molar-refractivity contribution in [1.29, 1.82) is 0 Å². The highest BCUT2D eigenvalue weighted by Gasteiger charge is 2.34. The van der Waals surface area contributed by atoms with E-state index in [0.29, 0.717) is 48.7 Å². The summed E-state index contributed by atoms with van der Waals surface area (Å²) >= 11 is 0. The molecule has 0 N–H and O–H groups in total. The zero-order valence-electron chi connectivity index (χ0n) is 26.5. The monoisotopic (exact) mass is 637 g/mol. The molecule has 4 aromatic heterocycles. The molecule has 0 radical (unpaired) electrons. The molecule has 1 aromatic carbocycles. The molecule has 4 bridgehead atoms. The van der Waals surface area contributed by atoms with Crippen LogP contribution in [0.4, 0.5) is 14.6 Å². The van der Waals surface area contributed by atoms with Gasteiger partial charge in [-0.2, -0.15) is 4.98 Å². The van der Waals surface area contributed by atoms with Gasteiger partial charge in [0.2, 0.25) is 5.91 Å². The Hall–Kier alpha value is -5.33. The molecule has 13 heteroatoms. The van der Waals surface area contributed by atoms with E-state index in [1.54, 1.807) is 28.0 Å². The predicted molar refractivity (Wildman–Crippen MR) is 173 cm³/mol. The lowest BCUT2D eigenvalue weighted by Gasteiger charge is -2.44. The van der Waals surface area contributed by atoms with Crippen LogP contribution in [0.15, 0.2) is 60.2 Å². The number of hydrogen-bond acceptors (Lipinski definition) is 8. The Morgan fingerprint density at radius 3 is 2.66 bits per heavy atom. The zero-order chi connectivity index (χ0) is 33.1. The van der Waals surface area contributed by atoms with Gasteiger partial charge in [-0.05, 0) is 56.0 Å². The van der Waals surface area contributed by atoms with Gasteiger partial charge in [-0.3, -0.25) is 14.5 Å². The first kappa shape index (κ1) is 30.3. The van der Waals surface area contributed by atoms with Gasteiger partial charge in [-0.1, -0.05) is 37.8 Å². The standard InChI is InChI=1S/C34H33F2N9O2/c1-6-27(46)43-15-20(5)44(16-19(43)4)32-23-14-25(36)30-28-22(8-7-9-24(28)35)26-17-42(41-40-26)13-11-21-10-12-37-29(18(2)3)31(21)45(33(23)38-30)34(47)39-32/h6-10,12,14,17-20H,1,11,13,15-16H2,2-5H3/t19-,20+/m1/s1. The topological polar surface area (TPSA) is 115 Å². The molecule has 0 unspecified atom stereocenters. The number of hydrogen-bond donors (Lipinski definition) is 0. The second-order valence-electron chi connectivity index (χ2n) is 12.4. The van der Waals surface area contributed by atoms with Crippen LogP contribution in [0.25, 0.3) is 39.2 Å². The fraction of sp³-hybridized carbons (Fsp3) is 0.324. The van der Waals surface area contributed by atoms with Crippen LogP contribution in [-0.4, -0.2) is 70.5 Å². The molecule has 47 heavy (non-hydrogen) atoms. The third kappa shape index (κ3) is 4.97. The van der Waals surface area contributed by atoms with Crippen molar-refractivity contribution in [2.45, 2.75) is 58.7 Å². The van der Waals surface area contributed by atoms with Gasteiger partial charge in [0.05, 0.1) is 23.0 Å². The second kappa shape index (κ2) is 11.5. The fourth-order valence-electron chi connectivity index (χ4n) is 6.69. The first-order chi connectivity index (χ1) is 22.6. The van der Waals surface area contributed by atoms with E-state index in [9.17, 15) is 9.59 Å². The third-order valence-electron chi connectivity index (χ3n) is 9.00. The molecule has 0 aliphatic carbocycles. The Bertz CT molecular complexity index is 2140. The number of benzene rings is 1. The highest BCUT2D eigenvalue weighted by atomic mass is 19.1. The summed E-state index contributed by atoms with van der Waals surface area (Å²) in [6, 6.07) is 6.99. The average molecular weight is 638 g/mol. The summed E-state index contributed by atoms with van der Waals surface area (Å²) < 4.78 is 35.3. The number of carbonyl (C=O) groups is 1. The molecule has 6 heterocycles. The number of piperazine rings is 1. The van der Waals surface area contributed by atoms with E-state index in [4.69, 9.17) is 4.98 Å². The van der Waals surface area contributed by atoms with Crippen molar-refractivity contribution in [3.63, 3.8) is 0 Å². The minimum Gasteiger partial charge on any atom is -0.349 e. The van der Waals surface area contributed by atoms with Crippen molar-refractivity contribution < 1.29 is 13.6 Å². The molecular weight excluding hydrogens is 604 g/mol. The summed E-state index contributed by atoms with van der Waals surface area (Å²) in [6.07, 6.45) is 5.12. The van der Waals surface area contributed by atoms with Crippen LogP contribution in [0.1, 0.15) is 44.9 Å². The van der Waals surface area contributed by atoms with Gasteiger partial charge in [0.25, 0.3) is 0 Å². The smallest absolute Gasteiger partial charge is 0.349 e. The van der Waals surface area contributed by atoms with E-state index in [-0.39, 0.29) is 52.0 Å². The number of fused-ring (bicyclic) bond motifs is 8. The summed E-state index contributed by atoms with van der Waals surface area (Å²) in [6.45, 7) is 12.4. The van der Waals surface area contributed by atoms with Crippen LogP contribution in [0.3, 0.4) is 0 Å². The van der Waals surface area contributed by atoms with Crippen molar-refractivity contribution >= 4 is 22.8 Å². The summed E-state index contributed by atoms with van der Waals surface area (Å²) in [5, 5.41) is 8.81. The molecule has 2 aliphatic heterocycles. The van der Waals surface area contributed by atoms with E-state index < -0.39 is 17.3 Å². The molecule has 1 amide bonds. The van der Waals surface area contributed by atoms with E-state index in [0.717, 1.165) is 5.56 Å². The number of rotatable bonds is 3. The van der Waals surface area contributed by atoms with Crippen molar-refractivity contribution in [2.24, 2.45) is 0 Å². The Balaban J connectivity index is 1.57. The van der Waals surface area contributed by atoms with Gasteiger partial charge in [-0.25, -0.2) is 23.1 Å². The third-order valence-corrected chi connectivity index (χ3v) is 9.00. The molecule has 11 nitrogen and oxygen atoms in total. The SMILES string of the molecule is C=CC(=O)N1C[C@H](C)N(c2nc(=O)n3c4nc(c(F)cc24)-c2c(F)cccc2-c2cn(nn2)CCc2ccnc(C(C)C)c2-3)C[C@H]1C. The van der Waals surface area contributed by atoms with Crippen LogP contribution in [0, 0.1) is 11.6 Å². The molecular formula is C34H33F2N9O2. The lowest BCUT2D eigenvalue weighted by atomic mass is 10.00. The van der Waals surface area contributed by atoms with Crippen LogP contribution in [0.5, 0.6) is 0 Å². The molecule has 5 aromatic rings. The summed E-state index contributed by atoms with van der Waals surface area (Å²) in [4.78, 5) is 44.6. The van der Waals surface area contributed by atoms with Crippen molar-refractivity contribution in [3.05, 3.63) is 88.8 Å². The normalized spacial score (nSPS) is 17.6. The molecule has 1 fully saturated rings. The highest BCUT2D eigenvalue weighted by Crippen LogP contribution is 2.38. The molecule has 0 saturated carbocycles. The van der Waals surface area contributed by atoms with Crippen LogP contribution in [0.2, 0.25) is 0 Å². The fourth-order valence-corrected chi connectivity index (χ4v) is 6.69. The number of aryl methyl sites for hydroxylation is 2. The molecule has 2 atom stereocenters. The Morgan fingerprint density at radius 1 is 1.09 bits per heavy atom. The minimum atomic E-state index is -0.795. The molecule has 1 saturated heterocycles. The number of amides is 1. The first-order valence-electron chi connectivity index (χ1n) is 15.6. The van der Waals surface area contributed by atoms with Gasteiger partial charge in [0.15, 0.2) is 11.5 Å². The van der Waals surface area contributed by atoms with E-state index in [1.807, 2.05) is 38.7 Å². The molecule has 240 valence electrons. The van der Waals surface area contributed by atoms with Gasteiger partial charge >= 0.3 is 5.69 Å². The molecule has 0 spiro atoms. The van der Waals surface area contributed by atoms with Crippen LogP contribution in [-0.2, 0) is 17.8 Å². The van der Waals surface area contributed by atoms with Crippen LogP contribution >= 0.6 is 0 Å². The number of aromatic nitrogens is 7. The number of nitrogens with zero attached hydrogens (tertiary/aromatic N) is 9. The predicted octanol–water partition coefficient (Wildman–Crippen LogP) is 4.67. The second-order valence-corrected chi connectivity index (χ2v) is 12.4. The van der Waals surface area contributed by atoms with E-state index in [2.05, 4.69) is 26.9 Å². The Kier molecular flexibility index (Phi) is 7.41. The maximum absolute atomic E-state index is 16.5. The maximum atomic E-state index is 16.5. The van der Waals surface area contributed by atoms with E-state index in [1.165, 1.54) is 28.8 Å². The summed E-state index contributed by atoms with van der Waals surface area (Å²) in [7, 11) is 0. The van der Waals surface area contributed by atoms with Crippen molar-refractivity contribution in [1.82, 2.24) is 39.4 Å². The molecule has 2 aliphatic rings.